The molecule has 0 aliphatic carbocycles. The van der Waals surface area contributed by atoms with Gasteiger partial charge in [-0.05, 0) is 41.3 Å². The molecule has 0 heterocycles. The van der Waals surface area contributed by atoms with E-state index in [2.05, 4.69) is 19.2 Å². The Hall–Kier alpha value is -3.02. The summed E-state index contributed by atoms with van der Waals surface area (Å²) in [6.07, 6.45) is 0.277. The molecule has 0 fully saturated rings. The first-order valence-corrected chi connectivity index (χ1v) is 8.84. The van der Waals surface area contributed by atoms with Gasteiger partial charge >= 0.3 is 5.97 Å². The summed E-state index contributed by atoms with van der Waals surface area (Å²) in [5.74, 6) is 0.590. The lowest BCUT2D eigenvalue weighted by Gasteiger charge is -2.10. The Morgan fingerprint density at radius 3 is 2.41 bits per heavy atom. The fourth-order valence-corrected chi connectivity index (χ4v) is 2.31. The quantitative estimate of drug-likeness (QED) is 0.671. The topological polar surface area (TPSA) is 84.9 Å². The summed E-state index contributed by atoms with van der Waals surface area (Å²) in [7, 11) is 0. The minimum atomic E-state index is -1.03. The molecule has 0 spiro atoms. The molecule has 2 aromatic rings. The molecule has 0 radical (unpaired) electrons. The molecule has 27 heavy (non-hydrogen) atoms. The van der Waals surface area contributed by atoms with Crippen molar-refractivity contribution in [2.75, 3.05) is 13.2 Å². The Morgan fingerprint density at radius 2 is 1.74 bits per heavy atom. The number of rotatable bonds is 10. The molecule has 0 aliphatic heterocycles. The van der Waals surface area contributed by atoms with E-state index in [4.69, 9.17) is 14.6 Å². The van der Waals surface area contributed by atoms with Crippen LogP contribution in [0.2, 0.25) is 0 Å². The SMILES string of the molecule is CC(C)COc1ccc(CC(=O)NCc2cccc(OCC(=O)O)c2)cc1. The third kappa shape index (κ3) is 7.81. The van der Waals surface area contributed by atoms with Crippen molar-refractivity contribution in [2.45, 2.75) is 26.8 Å². The molecule has 6 heteroatoms. The number of nitrogens with one attached hydrogen (secondary N) is 1. The predicted octanol–water partition coefficient (Wildman–Crippen LogP) is 3.04. The molecule has 6 nitrogen and oxygen atoms in total. The van der Waals surface area contributed by atoms with Crippen molar-refractivity contribution >= 4 is 11.9 Å². The smallest absolute Gasteiger partial charge is 0.341 e. The van der Waals surface area contributed by atoms with Gasteiger partial charge in [-0.3, -0.25) is 4.79 Å². The van der Waals surface area contributed by atoms with Crippen molar-refractivity contribution in [3.63, 3.8) is 0 Å². The lowest BCUT2D eigenvalue weighted by molar-refractivity contribution is -0.139. The second-order valence-corrected chi connectivity index (χ2v) is 6.63. The highest BCUT2D eigenvalue weighted by molar-refractivity contribution is 5.78. The zero-order valence-electron chi connectivity index (χ0n) is 15.6. The van der Waals surface area contributed by atoms with Crippen LogP contribution in [-0.2, 0) is 22.6 Å². The van der Waals surface area contributed by atoms with Crippen LogP contribution in [0.15, 0.2) is 48.5 Å². The van der Waals surface area contributed by atoms with Gasteiger partial charge < -0.3 is 19.9 Å². The van der Waals surface area contributed by atoms with Gasteiger partial charge in [-0.25, -0.2) is 4.79 Å². The van der Waals surface area contributed by atoms with Crippen LogP contribution in [0.4, 0.5) is 0 Å². The van der Waals surface area contributed by atoms with Crippen molar-refractivity contribution in [1.29, 1.82) is 0 Å². The van der Waals surface area contributed by atoms with E-state index in [9.17, 15) is 9.59 Å². The molecule has 0 aliphatic rings. The first-order chi connectivity index (χ1) is 12.9. The number of aliphatic carboxylic acids is 1. The molecule has 2 rings (SSSR count). The normalized spacial score (nSPS) is 10.5. The van der Waals surface area contributed by atoms with Crippen LogP contribution in [0.1, 0.15) is 25.0 Å². The van der Waals surface area contributed by atoms with Crippen LogP contribution in [0, 0.1) is 5.92 Å². The van der Waals surface area contributed by atoms with Crippen LogP contribution in [0.25, 0.3) is 0 Å². The molecule has 144 valence electrons. The van der Waals surface area contributed by atoms with Crippen LogP contribution < -0.4 is 14.8 Å². The fourth-order valence-electron chi connectivity index (χ4n) is 2.31. The van der Waals surface area contributed by atoms with Gasteiger partial charge in [0.15, 0.2) is 6.61 Å². The Bertz CT molecular complexity index is 755. The number of benzene rings is 2. The highest BCUT2D eigenvalue weighted by Crippen LogP contribution is 2.15. The van der Waals surface area contributed by atoms with Crippen LogP contribution in [-0.4, -0.2) is 30.2 Å². The molecule has 2 aromatic carbocycles. The van der Waals surface area contributed by atoms with Gasteiger partial charge in [0, 0.05) is 6.54 Å². The van der Waals surface area contributed by atoms with Gasteiger partial charge in [0.2, 0.25) is 5.91 Å². The molecule has 1 amide bonds. The number of hydrogen-bond donors (Lipinski definition) is 2. The highest BCUT2D eigenvalue weighted by atomic mass is 16.5. The summed E-state index contributed by atoms with van der Waals surface area (Å²) in [5, 5.41) is 11.5. The van der Waals surface area contributed by atoms with E-state index in [0.29, 0.717) is 24.8 Å². The molecule has 2 N–H and O–H groups in total. The van der Waals surface area contributed by atoms with Crippen molar-refractivity contribution in [2.24, 2.45) is 5.92 Å². The molecule has 0 unspecified atom stereocenters. The lowest BCUT2D eigenvalue weighted by Crippen LogP contribution is -2.24. The van der Waals surface area contributed by atoms with Crippen LogP contribution in [0.3, 0.4) is 0 Å². The molecule has 0 bridgehead atoms. The number of carbonyl (C=O) groups is 2. The largest absolute Gasteiger partial charge is 0.493 e. The first kappa shape index (κ1) is 20.3. The zero-order valence-corrected chi connectivity index (χ0v) is 15.6. The summed E-state index contributed by atoms with van der Waals surface area (Å²) in [6.45, 7) is 4.79. The minimum absolute atomic E-state index is 0.0947. The number of hydrogen-bond acceptors (Lipinski definition) is 4. The summed E-state index contributed by atoms with van der Waals surface area (Å²) in [6, 6.07) is 14.5. The number of carbonyl (C=O) groups excluding carboxylic acids is 1. The first-order valence-electron chi connectivity index (χ1n) is 8.84. The van der Waals surface area contributed by atoms with E-state index >= 15 is 0 Å². The number of amides is 1. The second kappa shape index (κ2) is 10.2. The van der Waals surface area contributed by atoms with E-state index in [1.54, 1.807) is 18.2 Å². The van der Waals surface area contributed by atoms with Crippen molar-refractivity contribution in [3.05, 3.63) is 59.7 Å². The fraction of sp³-hybridized carbons (Fsp3) is 0.333. The lowest BCUT2D eigenvalue weighted by atomic mass is 10.1. The maximum atomic E-state index is 12.1. The second-order valence-electron chi connectivity index (χ2n) is 6.63. The summed E-state index contributed by atoms with van der Waals surface area (Å²) in [5.41, 5.74) is 1.74. The molecular weight excluding hydrogens is 346 g/mol. The zero-order chi connectivity index (χ0) is 19.6. The molecule has 0 saturated heterocycles. The van der Waals surface area contributed by atoms with Gasteiger partial charge in [0.25, 0.3) is 0 Å². The number of carboxylic acid groups (broad SMARTS) is 1. The minimum Gasteiger partial charge on any atom is -0.493 e. The van der Waals surface area contributed by atoms with Crippen molar-refractivity contribution in [1.82, 2.24) is 5.32 Å². The Labute approximate surface area is 159 Å². The molecular formula is C21H25NO5. The Morgan fingerprint density at radius 1 is 1.00 bits per heavy atom. The Balaban J connectivity index is 1.80. The van der Waals surface area contributed by atoms with Crippen molar-refractivity contribution < 1.29 is 24.2 Å². The van der Waals surface area contributed by atoms with E-state index in [0.717, 1.165) is 16.9 Å². The summed E-state index contributed by atoms with van der Waals surface area (Å²) < 4.78 is 10.8. The van der Waals surface area contributed by atoms with E-state index in [1.165, 1.54) is 0 Å². The molecule has 0 saturated carbocycles. The van der Waals surface area contributed by atoms with E-state index in [-0.39, 0.29) is 12.3 Å². The number of ether oxygens (including phenoxy) is 2. The monoisotopic (exact) mass is 371 g/mol. The average Bonchev–Trinajstić information content (AvgIpc) is 2.64. The van der Waals surface area contributed by atoms with Gasteiger partial charge in [0.05, 0.1) is 13.0 Å². The van der Waals surface area contributed by atoms with E-state index < -0.39 is 12.6 Å². The third-order valence-electron chi connectivity index (χ3n) is 3.62. The van der Waals surface area contributed by atoms with Gasteiger partial charge in [0.1, 0.15) is 11.5 Å². The Kier molecular flexibility index (Phi) is 7.67. The van der Waals surface area contributed by atoms with Crippen LogP contribution >= 0.6 is 0 Å². The van der Waals surface area contributed by atoms with E-state index in [1.807, 2.05) is 30.3 Å². The van der Waals surface area contributed by atoms with Crippen LogP contribution in [0.5, 0.6) is 11.5 Å². The number of carboxylic acids is 1. The predicted molar refractivity (Wildman–Crippen MR) is 102 cm³/mol. The maximum Gasteiger partial charge on any atom is 0.341 e. The molecule has 0 atom stereocenters. The van der Waals surface area contributed by atoms with Gasteiger partial charge in [-0.1, -0.05) is 38.1 Å². The summed E-state index contributed by atoms with van der Waals surface area (Å²) >= 11 is 0. The third-order valence-corrected chi connectivity index (χ3v) is 3.62. The highest BCUT2D eigenvalue weighted by Gasteiger charge is 2.06. The summed E-state index contributed by atoms with van der Waals surface area (Å²) in [4.78, 5) is 22.7. The van der Waals surface area contributed by atoms with Gasteiger partial charge in [-0.15, -0.1) is 0 Å². The standard InChI is InChI=1S/C21H25NO5/c1-15(2)13-26-18-8-6-16(7-9-18)11-20(23)22-12-17-4-3-5-19(10-17)27-14-21(24)25/h3-10,15H,11-14H2,1-2H3,(H,22,23)(H,24,25). The average molecular weight is 371 g/mol. The molecule has 0 aromatic heterocycles. The van der Waals surface area contributed by atoms with Crippen molar-refractivity contribution in [3.8, 4) is 11.5 Å². The van der Waals surface area contributed by atoms with Gasteiger partial charge in [-0.2, -0.15) is 0 Å². The maximum absolute atomic E-state index is 12.1.